The van der Waals surface area contributed by atoms with Crippen LogP contribution < -0.4 is 5.32 Å². The summed E-state index contributed by atoms with van der Waals surface area (Å²) in [6.45, 7) is 7.27. The Morgan fingerprint density at radius 1 is 1.12 bits per heavy atom. The van der Waals surface area contributed by atoms with Crippen molar-refractivity contribution in [1.82, 2.24) is 14.8 Å². The van der Waals surface area contributed by atoms with Crippen molar-refractivity contribution in [2.24, 2.45) is 0 Å². The monoisotopic (exact) mass is 468 g/mol. The van der Waals surface area contributed by atoms with Gasteiger partial charge in [0.2, 0.25) is 5.91 Å². The van der Waals surface area contributed by atoms with Crippen molar-refractivity contribution in [2.45, 2.75) is 77.4 Å². The number of nitrogens with one attached hydrogen (secondary N) is 1. The second-order valence-electron chi connectivity index (χ2n) is 8.21. The molecule has 0 radical (unpaired) electrons. The zero-order chi connectivity index (χ0) is 22.5. The van der Waals surface area contributed by atoms with E-state index in [2.05, 4.69) is 64.4 Å². The molecule has 0 fully saturated rings. The molecule has 0 spiro atoms. The van der Waals surface area contributed by atoms with Crippen LogP contribution in [-0.4, -0.2) is 26.4 Å². The minimum atomic E-state index is 0.00566. The Labute approximate surface area is 199 Å². The summed E-state index contributed by atoms with van der Waals surface area (Å²) in [7, 11) is 0. The molecular weight excluding hydrogens is 436 g/mol. The minimum Gasteiger partial charge on any atom is -0.325 e. The van der Waals surface area contributed by atoms with Gasteiger partial charge in [-0.3, -0.25) is 4.79 Å². The Morgan fingerprint density at radius 2 is 1.88 bits per heavy atom. The number of carbonyl (C=O) groups excluding carboxylic acids is 1. The summed E-state index contributed by atoms with van der Waals surface area (Å²) in [4.78, 5) is 14.3. The van der Waals surface area contributed by atoms with Gasteiger partial charge < -0.3 is 9.88 Å². The molecule has 0 bridgehead atoms. The zero-order valence-electron chi connectivity index (χ0n) is 19.2. The van der Waals surface area contributed by atoms with Gasteiger partial charge in [-0.1, -0.05) is 50.7 Å². The maximum atomic E-state index is 12.8. The lowest BCUT2D eigenvalue weighted by Gasteiger charge is -2.15. The van der Waals surface area contributed by atoms with Crippen molar-refractivity contribution in [3.05, 3.63) is 45.1 Å². The highest BCUT2D eigenvalue weighted by Gasteiger charge is 2.22. The van der Waals surface area contributed by atoms with E-state index in [9.17, 15) is 4.79 Å². The van der Waals surface area contributed by atoms with Gasteiger partial charge in [0, 0.05) is 28.1 Å². The van der Waals surface area contributed by atoms with Crippen LogP contribution in [0.5, 0.6) is 0 Å². The van der Waals surface area contributed by atoms with Crippen LogP contribution in [0, 0.1) is 0 Å². The number of nitrogens with zero attached hydrogens (tertiary/aromatic N) is 3. The minimum absolute atomic E-state index is 0.00566. The van der Waals surface area contributed by atoms with Crippen LogP contribution in [0.15, 0.2) is 28.7 Å². The van der Waals surface area contributed by atoms with E-state index in [0.29, 0.717) is 5.75 Å². The maximum Gasteiger partial charge on any atom is 0.234 e. The molecule has 5 nitrogen and oxygen atoms in total. The van der Waals surface area contributed by atoms with E-state index in [4.69, 9.17) is 0 Å². The molecule has 0 unspecified atom stereocenters. The van der Waals surface area contributed by atoms with Crippen molar-refractivity contribution in [2.75, 3.05) is 11.1 Å². The van der Waals surface area contributed by atoms with E-state index >= 15 is 0 Å². The highest BCUT2D eigenvalue weighted by molar-refractivity contribution is 7.99. The molecule has 0 aliphatic heterocycles. The quantitative estimate of drug-likeness (QED) is 0.383. The van der Waals surface area contributed by atoms with Gasteiger partial charge in [-0.25, -0.2) is 0 Å². The molecule has 170 valence electrons. The Bertz CT molecular complexity index is 1060. The van der Waals surface area contributed by atoms with Crippen LogP contribution in [0.2, 0.25) is 0 Å². The third-order valence-electron chi connectivity index (χ3n) is 6.06. The molecule has 0 atom stereocenters. The number of thioether (sulfide) groups is 1. The van der Waals surface area contributed by atoms with Crippen LogP contribution in [0.1, 0.15) is 61.6 Å². The zero-order valence-corrected chi connectivity index (χ0v) is 20.9. The van der Waals surface area contributed by atoms with Gasteiger partial charge in [-0.05, 0) is 61.6 Å². The summed E-state index contributed by atoms with van der Waals surface area (Å²) in [6.07, 6.45) is 7.65. The van der Waals surface area contributed by atoms with Gasteiger partial charge in [0.1, 0.15) is 0 Å². The van der Waals surface area contributed by atoms with Crippen molar-refractivity contribution in [1.29, 1.82) is 0 Å². The Balaban J connectivity index is 1.51. The van der Waals surface area contributed by atoms with Gasteiger partial charge in [-0.2, -0.15) is 0 Å². The van der Waals surface area contributed by atoms with Crippen molar-refractivity contribution >= 4 is 34.7 Å². The van der Waals surface area contributed by atoms with E-state index in [1.165, 1.54) is 58.2 Å². The van der Waals surface area contributed by atoms with Gasteiger partial charge in [0.05, 0.1) is 5.75 Å². The summed E-state index contributed by atoms with van der Waals surface area (Å²) in [5.41, 5.74) is 6.04. The fraction of sp³-hybridized carbons (Fsp3) is 0.480. The normalized spacial score (nSPS) is 13.2. The number of hydrogen-bond donors (Lipinski definition) is 1. The van der Waals surface area contributed by atoms with Gasteiger partial charge in [0.25, 0.3) is 0 Å². The summed E-state index contributed by atoms with van der Waals surface area (Å²) >= 11 is 3.33. The number of thiophene rings is 1. The third kappa shape index (κ3) is 4.79. The summed E-state index contributed by atoms with van der Waals surface area (Å²) in [6, 6.07) is 6.25. The van der Waals surface area contributed by atoms with Crippen LogP contribution >= 0.6 is 23.1 Å². The van der Waals surface area contributed by atoms with E-state index < -0.39 is 0 Å². The Hall–Kier alpha value is -2.12. The number of hydrogen-bond acceptors (Lipinski definition) is 5. The van der Waals surface area contributed by atoms with E-state index in [-0.39, 0.29) is 5.91 Å². The molecule has 3 aromatic rings. The first kappa shape index (κ1) is 23.1. The summed E-state index contributed by atoms with van der Waals surface area (Å²) in [5.74, 6) is 1.29. The number of benzene rings is 1. The number of carbonyl (C=O) groups is 1. The van der Waals surface area contributed by atoms with E-state index in [1.54, 1.807) is 0 Å². The highest BCUT2D eigenvalue weighted by Crippen LogP contribution is 2.37. The second kappa shape index (κ2) is 10.7. The Morgan fingerprint density at radius 3 is 2.59 bits per heavy atom. The van der Waals surface area contributed by atoms with Crippen LogP contribution in [0.25, 0.3) is 11.4 Å². The molecule has 7 heteroatoms. The number of aromatic nitrogens is 3. The standard InChI is InChI=1S/C25H32N4OS2/c1-4-14-29-24(20-15-31-21-13-8-7-12-19(20)21)27-28-25(29)32-16-22(30)26-23-17(5-2)10-9-11-18(23)6-3/h9-11,15H,4-8,12-14,16H2,1-3H3,(H,26,30). The summed E-state index contributed by atoms with van der Waals surface area (Å²) < 4.78 is 2.20. The fourth-order valence-electron chi connectivity index (χ4n) is 4.41. The number of aryl methyl sites for hydroxylation is 3. The van der Waals surface area contributed by atoms with Crippen LogP contribution in [0.4, 0.5) is 5.69 Å². The third-order valence-corrected chi connectivity index (χ3v) is 8.12. The molecule has 2 heterocycles. The first-order chi connectivity index (χ1) is 15.7. The molecule has 0 saturated heterocycles. The van der Waals surface area contributed by atoms with Gasteiger partial charge in [-0.15, -0.1) is 21.5 Å². The largest absolute Gasteiger partial charge is 0.325 e. The number of fused-ring (bicyclic) bond motifs is 1. The molecular formula is C25H32N4OS2. The number of amides is 1. The SMILES string of the molecule is CCCn1c(SCC(=O)Nc2c(CC)cccc2CC)nnc1-c1csc2c1CCCC2. The van der Waals surface area contributed by atoms with Crippen molar-refractivity contribution < 1.29 is 4.79 Å². The maximum absolute atomic E-state index is 12.8. The van der Waals surface area contributed by atoms with Gasteiger partial charge >= 0.3 is 0 Å². The molecule has 4 rings (SSSR count). The number of para-hydroxylation sites is 1. The highest BCUT2D eigenvalue weighted by atomic mass is 32.2. The van der Waals surface area contributed by atoms with E-state index in [0.717, 1.165) is 48.9 Å². The Kier molecular flexibility index (Phi) is 7.68. The van der Waals surface area contributed by atoms with Gasteiger partial charge in [0.15, 0.2) is 11.0 Å². The molecule has 1 aliphatic carbocycles. The lowest BCUT2D eigenvalue weighted by atomic mass is 9.95. The average molecular weight is 469 g/mol. The molecule has 1 amide bonds. The lowest BCUT2D eigenvalue weighted by Crippen LogP contribution is -2.17. The second-order valence-corrected chi connectivity index (χ2v) is 10.1. The molecule has 1 N–H and O–H groups in total. The van der Waals surface area contributed by atoms with Crippen LogP contribution in [0.3, 0.4) is 0 Å². The van der Waals surface area contributed by atoms with Crippen LogP contribution in [-0.2, 0) is 37.0 Å². The lowest BCUT2D eigenvalue weighted by molar-refractivity contribution is -0.113. The molecule has 2 aromatic heterocycles. The van der Waals surface area contributed by atoms with E-state index in [1.807, 2.05) is 11.3 Å². The predicted octanol–water partition coefficient (Wildman–Crippen LogP) is 6.15. The number of anilines is 1. The number of rotatable bonds is 9. The fourth-order valence-corrected chi connectivity index (χ4v) is 6.30. The first-order valence-electron chi connectivity index (χ1n) is 11.7. The first-order valence-corrected chi connectivity index (χ1v) is 13.6. The molecule has 32 heavy (non-hydrogen) atoms. The summed E-state index contributed by atoms with van der Waals surface area (Å²) in [5, 5.41) is 15.3. The predicted molar refractivity (Wildman–Crippen MR) is 135 cm³/mol. The smallest absolute Gasteiger partial charge is 0.234 e. The average Bonchev–Trinajstić information content (AvgIpc) is 3.42. The molecule has 0 saturated carbocycles. The topological polar surface area (TPSA) is 59.8 Å². The van der Waals surface area contributed by atoms with Crippen molar-refractivity contribution in [3.8, 4) is 11.4 Å². The van der Waals surface area contributed by atoms with Crippen molar-refractivity contribution in [3.63, 3.8) is 0 Å². The molecule has 1 aliphatic rings. The molecule has 1 aromatic carbocycles.